The van der Waals surface area contributed by atoms with Crippen molar-refractivity contribution in [2.24, 2.45) is 5.41 Å². The van der Waals surface area contributed by atoms with Gasteiger partial charge in [0.05, 0.1) is 21.1 Å². The number of carboxylic acid groups (broad SMARTS) is 1. The van der Waals surface area contributed by atoms with Crippen LogP contribution in [0.3, 0.4) is 0 Å². The van der Waals surface area contributed by atoms with E-state index in [2.05, 4.69) is 10.4 Å². The first-order valence-corrected chi connectivity index (χ1v) is 8.77. The van der Waals surface area contributed by atoms with Crippen molar-refractivity contribution in [1.82, 2.24) is 15.1 Å². The minimum absolute atomic E-state index is 0.0319. The number of benzene rings is 1. The van der Waals surface area contributed by atoms with E-state index in [-0.39, 0.29) is 12.2 Å². The van der Waals surface area contributed by atoms with Crippen molar-refractivity contribution in [2.45, 2.75) is 12.8 Å². The van der Waals surface area contributed by atoms with Gasteiger partial charge in [-0.05, 0) is 37.1 Å². The van der Waals surface area contributed by atoms with Crippen molar-refractivity contribution in [2.75, 3.05) is 19.8 Å². The van der Waals surface area contributed by atoms with Gasteiger partial charge in [-0.15, -0.1) is 0 Å². The van der Waals surface area contributed by atoms with E-state index in [1.807, 2.05) is 0 Å². The molecule has 1 saturated heterocycles. The minimum atomic E-state index is -1.000. The van der Waals surface area contributed by atoms with Crippen LogP contribution in [0.4, 0.5) is 0 Å². The molecule has 9 heteroatoms. The second kappa shape index (κ2) is 7.65. The first-order chi connectivity index (χ1) is 12.4. The van der Waals surface area contributed by atoms with Gasteiger partial charge < -0.3 is 15.2 Å². The fourth-order valence-corrected chi connectivity index (χ4v) is 3.08. The van der Waals surface area contributed by atoms with Crippen LogP contribution < -0.4 is 5.32 Å². The van der Waals surface area contributed by atoms with Gasteiger partial charge in [-0.25, -0.2) is 4.68 Å². The van der Waals surface area contributed by atoms with E-state index < -0.39 is 17.3 Å². The lowest BCUT2D eigenvalue weighted by Gasteiger charge is -2.32. The highest BCUT2D eigenvalue weighted by Gasteiger charge is 2.40. The summed E-state index contributed by atoms with van der Waals surface area (Å²) in [6.07, 6.45) is 2.34. The zero-order valence-electron chi connectivity index (χ0n) is 13.7. The van der Waals surface area contributed by atoms with Gasteiger partial charge in [0, 0.05) is 26.0 Å². The Morgan fingerprint density at radius 3 is 2.62 bits per heavy atom. The van der Waals surface area contributed by atoms with Crippen LogP contribution in [0.2, 0.25) is 10.0 Å². The van der Waals surface area contributed by atoms with Crippen LogP contribution in [-0.4, -0.2) is 46.5 Å². The number of halogens is 2. The number of aromatic nitrogens is 2. The average Bonchev–Trinajstić information content (AvgIpc) is 3.13. The van der Waals surface area contributed by atoms with Crippen LogP contribution in [-0.2, 0) is 9.53 Å². The molecule has 1 aromatic carbocycles. The topological polar surface area (TPSA) is 93.5 Å². The molecule has 0 saturated carbocycles. The van der Waals surface area contributed by atoms with Gasteiger partial charge in [-0.2, -0.15) is 5.10 Å². The number of aliphatic carboxylic acids is 1. The summed E-state index contributed by atoms with van der Waals surface area (Å²) in [4.78, 5) is 24.0. The normalized spacial score (nSPS) is 16.2. The Kier molecular flexibility index (Phi) is 5.50. The van der Waals surface area contributed by atoms with Crippen molar-refractivity contribution >= 4 is 35.1 Å². The number of amides is 1. The third-order valence-corrected chi connectivity index (χ3v) is 5.22. The highest BCUT2D eigenvalue weighted by molar-refractivity contribution is 6.42. The lowest BCUT2D eigenvalue weighted by molar-refractivity contribution is -0.154. The molecule has 0 spiro atoms. The summed E-state index contributed by atoms with van der Waals surface area (Å²) in [6.45, 7) is 0.770. The minimum Gasteiger partial charge on any atom is -0.481 e. The van der Waals surface area contributed by atoms with Crippen LogP contribution in [0.25, 0.3) is 5.69 Å². The van der Waals surface area contributed by atoms with Gasteiger partial charge >= 0.3 is 5.97 Å². The average molecular weight is 398 g/mol. The molecule has 2 N–H and O–H groups in total. The molecule has 0 atom stereocenters. The lowest BCUT2D eigenvalue weighted by atomic mass is 9.80. The Morgan fingerprint density at radius 2 is 1.96 bits per heavy atom. The highest BCUT2D eigenvalue weighted by atomic mass is 35.5. The summed E-state index contributed by atoms with van der Waals surface area (Å²) in [6, 6.07) is 6.56. The maximum Gasteiger partial charge on any atom is 0.311 e. The third kappa shape index (κ3) is 3.85. The molecule has 26 heavy (non-hydrogen) atoms. The first-order valence-electron chi connectivity index (χ1n) is 8.02. The Morgan fingerprint density at radius 1 is 1.23 bits per heavy atom. The SMILES string of the molecule is O=C(NCC1(C(=O)O)CCOCC1)c1ccn(-c2ccc(Cl)c(Cl)c2)n1. The molecule has 2 heterocycles. The molecule has 7 nitrogen and oxygen atoms in total. The Bertz CT molecular complexity index is 831. The van der Waals surface area contributed by atoms with Crippen LogP contribution in [0, 0.1) is 5.41 Å². The molecular weight excluding hydrogens is 381 g/mol. The van der Waals surface area contributed by atoms with Crippen molar-refractivity contribution < 1.29 is 19.4 Å². The van der Waals surface area contributed by atoms with Gasteiger partial charge in [0.2, 0.25) is 0 Å². The number of carbonyl (C=O) groups excluding carboxylic acids is 1. The molecule has 3 rings (SSSR count). The van der Waals surface area contributed by atoms with E-state index in [9.17, 15) is 14.7 Å². The van der Waals surface area contributed by atoms with Crippen LogP contribution in [0.5, 0.6) is 0 Å². The van der Waals surface area contributed by atoms with E-state index in [0.717, 1.165) is 0 Å². The molecule has 2 aromatic rings. The van der Waals surface area contributed by atoms with E-state index >= 15 is 0 Å². The molecule has 0 bridgehead atoms. The zero-order valence-corrected chi connectivity index (χ0v) is 15.3. The Labute approximate surface area is 159 Å². The number of hydrogen-bond acceptors (Lipinski definition) is 4. The fourth-order valence-electron chi connectivity index (χ4n) is 2.78. The standard InChI is InChI=1S/C17H17Cl2N3O4/c18-12-2-1-11(9-13(12)19)22-6-3-14(21-22)15(23)20-10-17(16(24)25)4-7-26-8-5-17/h1-3,6,9H,4-5,7-8,10H2,(H,20,23)(H,24,25). The maximum absolute atomic E-state index is 12.4. The highest BCUT2D eigenvalue weighted by Crippen LogP contribution is 2.30. The molecule has 1 aliphatic heterocycles. The van der Waals surface area contributed by atoms with Gasteiger partial charge in [0.15, 0.2) is 5.69 Å². The molecular formula is C17H17Cl2N3O4. The number of ether oxygens (including phenoxy) is 1. The predicted octanol–water partition coefficient (Wildman–Crippen LogP) is 2.79. The fraction of sp³-hybridized carbons (Fsp3) is 0.353. The number of carboxylic acids is 1. The summed E-state index contributed by atoms with van der Waals surface area (Å²) in [5.74, 6) is -1.36. The Balaban J connectivity index is 1.70. The van der Waals surface area contributed by atoms with Gasteiger partial charge in [-0.1, -0.05) is 23.2 Å². The van der Waals surface area contributed by atoms with Gasteiger partial charge in [-0.3, -0.25) is 9.59 Å². The van der Waals surface area contributed by atoms with Crippen LogP contribution in [0.15, 0.2) is 30.5 Å². The number of rotatable bonds is 5. The number of nitrogens with one attached hydrogen (secondary N) is 1. The number of carbonyl (C=O) groups is 2. The quantitative estimate of drug-likeness (QED) is 0.808. The molecule has 1 fully saturated rings. The van der Waals surface area contributed by atoms with Crippen molar-refractivity contribution in [1.29, 1.82) is 0 Å². The molecule has 0 radical (unpaired) electrons. The summed E-state index contributed by atoms with van der Waals surface area (Å²) >= 11 is 11.9. The molecule has 1 aliphatic rings. The van der Waals surface area contributed by atoms with Gasteiger partial charge in [0.1, 0.15) is 0 Å². The van der Waals surface area contributed by atoms with E-state index in [1.54, 1.807) is 30.5 Å². The summed E-state index contributed by atoms with van der Waals surface area (Å²) < 4.78 is 6.72. The zero-order chi connectivity index (χ0) is 18.7. The van der Waals surface area contributed by atoms with Gasteiger partial charge in [0.25, 0.3) is 5.91 Å². The summed E-state index contributed by atoms with van der Waals surface area (Å²) in [5, 5.41) is 17.2. The maximum atomic E-state index is 12.4. The van der Waals surface area contributed by atoms with Crippen LogP contribution >= 0.6 is 23.2 Å². The van der Waals surface area contributed by atoms with Crippen molar-refractivity contribution in [3.05, 3.63) is 46.2 Å². The van der Waals surface area contributed by atoms with E-state index in [4.69, 9.17) is 27.9 Å². The second-order valence-corrected chi connectivity index (χ2v) is 6.94. The first kappa shape index (κ1) is 18.7. The van der Waals surface area contributed by atoms with Crippen molar-refractivity contribution in [3.8, 4) is 5.69 Å². The number of hydrogen-bond donors (Lipinski definition) is 2. The van der Waals surface area contributed by atoms with E-state index in [1.165, 1.54) is 4.68 Å². The summed E-state index contributed by atoms with van der Waals surface area (Å²) in [5.41, 5.74) is -0.159. The molecule has 1 aromatic heterocycles. The monoisotopic (exact) mass is 397 g/mol. The molecule has 0 unspecified atom stereocenters. The number of nitrogens with zero attached hydrogens (tertiary/aromatic N) is 2. The molecule has 1 amide bonds. The smallest absolute Gasteiger partial charge is 0.311 e. The van der Waals surface area contributed by atoms with Crippen LogP contribution in [0.1, 0.15) is 23.3 Å². The summed E-state index contributed by atoms with van der Waals surface area (Å²) in [7, 11) is 0. The molecule has 0 aliphatic carbocycles. The second-order valence-electron chi connectivity index (χ2n) is 6.12. The largest absolute Gasteiger partial charge is 0.481 e. The van der Waals surface area contributed by atoms with Crippen molar-refractivity contribution in [3.63, 3.8) is 0 Å². The molecule has 138 valence electrons. The predicted molar refractivity (Wildman–Crippen MR) is 96.0 cm³/mol. The van der Waals surface area contributed by atoms with E-state index in [0.29, 0.717) is 41.8 Å². The Hall–Kier alpha value is -2.09. The lowest BCUT2D eigenvalue weighted by Crippen LogP contribution is -2.46. The third-order valence-electron chi connectivity index (χ3n) is 4.48.